The van der Waals surface area contributed by atoms with Gasteiger partial charge in [0.1, 0.15) is 0 Å². The summed E-state index contributed by atoms with van der Waals surface area (Å²) in [6.45, 7) is 11.6. The van der Waals surface area contributed by atoms with E-state index >= 15 is 0 Å². The first-order chi connectivity index (χ1) is 7.70. The average molecular weight is 222 g/mol. The Hall–Kier alpha value is -1.09. The molecule has 0 aromatic heterocycles. The highest BCUT2D eigenvalue weighted by atomic mass is 16.2. The van der Waals surface area contributed by atoms with Crippen LogP contribution in [0.5, 0.6) is 0 Å². The summed E-state index contributed by atoms with van der Waals surface area (Å²) in [6.07, 6.45) is 6.39. The van der Waals surface area contributed by atoms with Crippen LogP contribution in [0, 0.1) is 0 Å². The molecule has 1 aliphatic rings. The molecule has 0 aliphatic carbocycles. The van der Waals surface area contributed by atoms with Crippen molar-refractivity contribution in [2.75, 3.05) is 19.6 Å². The fourth-order valence-electron chi connectivity index (χ4n) is 2.30. The summed E-state index contributed by atoms with van der Waals surface area (Å²) < 4.78 is 0. The highest BCUT2D eigenvalue weighted by Crippen LogP contribution is 2.25. The van der Waals surface area contributed by atoms with Crippen molar-refractivity contribution >= 4 is 5.91 Å². The fourth-order valence-corrected chi connectivity index (χ4v) is 2.30. The highest BCUT2D eigenvalue weighted by molar-refractivity contribution is 5.87. The minimum Gasteiger partial charge on any atom is -0.334 e. The van der Waals surface area contributed by atoms with E-state index in [1.165, 1.54) is 0 Å². The van der Waals surface area contributed by atoms with E-state index in [-0.39, 0.29) is 11.4 Å². The van der Waals surface area contributed by atoms with Crippen LogP contribution in [-0.2, 0) is 4.79 Å². The summed E-state index contributed by atoms with van der Waals surface area (Å²) in [5.41, 5.74) is -0.341. The Kier molecular flexibility index (Phi) is 4.74. The van der Waals surface area contributed by atoms with Gasteiger partial charge in [0, 0.05) is 13.1 Å². The van der Waals surface area contributed by atoms with Gasteiger partial charge in [0.25, 0.3) is 0 Å². The lowest BCUT2D eigenvalue weighted by Crippen LogP contribution is -2.54. The Balaban J connectivity index is 2.78. The average Bonchev–Trinajstić information content (AvgIpc) is 2.77. The molecule has 0 spiro atoms. The molecule has 1 saturated heterocycles. The van der Waals surface area contributed by atoms with Gasteiger partial charge >= 0.3 is 0 Å². The smallest absolute Gasteiger partial charge is 0.243 e. The van der Waals surface area contributed by atoms with E-state index in [0.29, 0.717) is 13.1 Å². The van der Waals surface area contributed by atoms with Crippen LogP contribution in [0.3, 0.4) is 0 Å². The molecule has 16 heavy (non-hydrogen) atoms. The summed E-state index contributed by atoms with van der Waals surface area (Å²) in [5, 5.41) is 3.36. The summed E-state index contributed by atoms with van der Waals surface area (Å²) in [4.78, 5) is 14.3. The molecule has 1 unspecified atom stereocenters. The largest absolute Gasteiger partial charge is 0.334 e. The number of carbonyl (C=O) groups excluding carboxylic acids is 1. The number of hydrogen-bond donors (Lipinski definition) is 1. The Bertz CT molecular complexity index is 257. The van der Waals surface area contributed by atoms with Crippen molar-refractivity contribution in [2.24, 2.45) is 0 Å². The number of nitrogens with one attached hydrogen (secondary N) is 1. The summed E-state index contributed by atoms with van der Waals surface area (Å²) in [6, 6.07) is 0. The van der Waals surface area contributed by atoms with E-state index in [0.717, 1.165) is 25.8 Å². The molecule has 90 valence electrons. The summed E-state index contributed by atoms with van der Waals surface area (Å²) in [7, 11) is 0. The van der Waals surface area contributed by atoms with Gasteiger partial charge in [0.15, 0.2) is 0 Å². The minimum atomic E-state index is -0.341. The number of nitrogens with zero attached hydrogens (tertiary/aromatic N) is 1. The van der Waals surface area contributed by atoms with E-state index in [1.54, 1.807) is 12.2 Å². The van der Waals surface area contributed by atoms with E-state index in [9.17, 15) is 4.79 Å². The second kappa shape index (κ2) is 5.85. The molecule has 0 aromatic carbocycles. The van der Waals surface area contributed by atoms with E-state index in [2.05, 4.69) is 25.4 Å². The van der Waals surface area contributed by atoms with Gasteiger partial charge in [-0.25, -0.2) is 0 Å². The molecule has 1 fully saturated rings. The molecule has 1 heterocycles. The molecule has 1 atom stereocenters. The Labute approximate surface area is 98.2 Å². The third-order valence-corrected chi connectivity index (χ3v) is 3.24. The maximum atomic E-state index is 12.4. The van der Waals surface area contributed by atoms with Crippen molar-refractivity contribution in [2.45, 2.75) is 31.7 Å². The molecule has 3 nitrogen and oxygen atoms in total. The molecule has 0 saturated carbocycles. The predicted octanol–water partition coefficient (Wildman–Crippen LogP) is 1.72. The second-order valence-electron chi connectivity index (χ2n) is 4.25. The van der Waals surface area contributed by atoms with Crippen molar-refractivity contribution in [1.82, 2.24) is 10.2 Å². The molecular weight excluding hydrogens is 200 g/mol. The molecule has 3 heteroatoms. The standard InChI is InChI=1S/C13H22N2O/c1-4-10-15(11-5-2)12(16)13(6-3)8-7-9-14-13/h4-5,14H,1-2,6-11H2,3H3. The van der Waals surface area contributed by atoms with Gasteiger partial charge in [0.2, 0.25) is 5.91 Å². The first-order valence-electron chi connectivity index (χ1n) is 5.96. The molecule has 0 bridgehead atoms. The third-order valence-electron chi connectivity index (χ3n) is 3.24. The Morgan fingerprint density at radius 1 is 1.44 bits per heavy atom. The molecular formula is C13H22N2O. The summed E-state index contributed by atoms with van der Waals surface area (Å²) >= 11 is 0. The Morgan fingerprint density at radius 2 is 2.06 bits per heavy atom. The molecule has 0 radical (unpaired) electrons. The quantitative estimate of drug-likeness (QED) is 0.694. The van der Waals surface area contributed by atoms with Gasteiger partial charge < -0.3 is 10.2 Å². The van der Waals surface area contributed by atoms with Crippen molar-refractivity contribution in [3.05, 3.63) is 25.3 Å². The number of amides is 1. The van der Waals surface area contributed by atoms with E-state index < -0.39 is 0 Å². The number of hydrogen-bond acceptors (Lipinski definition) is 2. The van der Waals surface area contributed by atoms with Crippen LogP contribution in [0.2, 0.25) is 0 Å². The third kappa shape index (κ3) is 2.53. The number of rotatable bonds is 6. The lowest BCUT2D eigenvalue weighted by atomic mass is 9.92. The van der Waals surface area contributed by atoms with Crippen LogP contribution < -0.4 is 5.32 Å². The maximum absolute atomic E-state index is 12.4. The van der Waals surface area contributed by atoms with Gasteiger partial charge in [-0.3, -0.25) is 4.79 Å². The topological polar surface area (TPSA) is 32.3 Å². The predicted molar refractivity (Wildman–Crippen MR) is 67.2 cm³/mol. The van der Waals surface area contributed by atoms with Crippen molar-refractivity contribution in [1.29, 1.82) is 0 Å². The van der Waals surface area contributed by atoms with Crippen LogP contribution in [0.1, 0.15) is 26.2 Å². The zero-order valence-corrected chi connectivity index (χ0v) is 10.2. The first kappa shape index (κ1) is 13.0. The molecule has 1 amide bonds. The van der Waals surface area contributed by atoms with E-state index in [1.807, 2.05) is 4.90 Å². The van der Waals surface area contributed by atoms with Gasteiger partial charge in [-0.1, -0.05) is 19.1 Å². The van der Waals surface area contributed by atoms with Crippen LogP contribution in [0.25, 0.3) is 0 Å². The molecule has 0 aromatic rings. The normalized spacial score (nSPS) is 24.1. The SMILES string of the molecule is C=CCN(CC=C)C(=O)C1(CC)CCCN1. The van der Waals surface area contributed by atoms with Gasteiger partial charge in [-0.2, -0.15) is 0 Å². The lowest BCUT2D eigenvalue weighted by Gasteiger charge is -2.33. The van der Waals surface area contributed by atoms with Crippen molar-refractivity contribution in [3.8, 4) is 0 Å². The maximum Gasteiger partial charge on any atom is 0.243 e. The monoisotopic (exact) mass is 222 g/mol. The summed E-state index contributed by atoms with van der Waals surface area (Å²) in [5.74, 6) is 0.187. The Morgan fingerprint density at radius 3 is 2.44 bits per heavy atom. The number of carbonyl (C=O) groups is 1. The van der Waals surface area contributed by atoms with Crippen molar-refractivity contribution in [3.63, 3.8) is 0 Å². The molecule has 1 aliphatic heterocycles. The van der Waals surface area contributed by atoms with Crippen LogP contribution in [0.15, 0.2) is 25.3 Å². The minimum absolute atomic E-state index is 0.187. The highest BCUT2D eigenvalue weighted by Gasteiger charge is 2.41. The van der Waals surface area contributed by atoms with Crippen LogP contribution >= 0.6 is 0 Å². The zero-order chi connectivity index (χ0) is 12.0. The van der Waals surface area contributed by atoms with Gasteiger partial charge in [0.05, 0.1) is 5.54 Å². The zero-order valence-electron chi connectivity index (χ0n) is 10.2. The second-order valence-corrected chi connectivity index (χ2v) is 4.25. The first-order valence-corrected chi connectivity index (χ1v) is 5.96. The fraction of sp³-hybridized carbons (Fsp3) is 0.615. The van der Waals surface area contributed by atoms with Crippen LogP contribution in [-0.4, -0.2) is 36.0 Å². The van der Waals surface area contributed by atoms with Gasteiger partial charge in [-0.05, 0) is 25.8 Å². The lowest BCUT2D eigenvalue weighted by molar-refractivity contribution is -0.137. The molecule has 1 N–H and O–H groups in total. The van der Waals surface area contributed by atoms with Crippen LogP contribution in [0.4, 0.5) is 0 Å². The molecule has 1 rings (SSSR count). The van der Waals surface area contributed by atoms with E-state index in [4.69, 9.17) is 0 Å². The van der Waals surface area contributed by atoms with Crippen molar-refractivity contribution < 1.29 is 4.79 Å². The van der Waals surface area contributed by atoms with Gasteiger partial charge in [-0.15, -0.1) is 13.2 Å².